The number of nitrogens with zero attached hydrogens (tertiary/aromatic N) is 2. The van der Waals surface area contributed by atoms with Gasteiger partial charge < -0.3 is 16.8 Å². The average molecular weight is 282 g/mol. The third-order valence-electron chi connectivity index (χ3n) is 2.51. The van der Waals surface area contributed by atoms with Gasteiger partial charge in [-0.3, -0.25) is 19.9 Å². The van der Waals surface area contributed by atoms with E-state index in [4.69, 9.17) is 16.9 Å². The van der Waals surface area contributed by atoms with E-state index in [0.29, 0.717) is 0 Å². The maximum Gasteiger partial charge on any atom is 0.321 e. The van der Waals surface area contributed by atoms with Crippen molar-refractivity contribution in [1.82, 2.24) is 15.2 Å². The van der Waals surface area contributed by atoms with Gasteiger partial charge in [-0.25, -0.2) is 9.78 Å². The Morgan fingerprint density at radius 2 is 2.26 bits per heavy atom. The molecule has 1 aliphatic heterocycles. The number of nitrogen functional groups attached to an aromatic ring is 1. The number of amides is 4. The average Bonchev–Trinajstić information content (AvgIpc) is 2.78. The van der Waals surface area contributed by atoms with Gasteiger partial charge in [-0.05, 0) is 0 Å². The summed E-state index contributed by atoms with van der Waals surface area (Å²) in [6.07, 6.45) is 0. The monoisotopic (exact) mass is 282 g/mol. The van der Waals surface area contributed by atoms with Crippen LogP contribution in [0.1, 0.15) is 5.69 Å². The Balaban J connectivity index is 1.94. The maximum atomic E-state index is 11.7. The van der Waals surface area contributed by atoms with Crippen molar-refractivity contribution in [1.29, 1.82) is 5.41 Å². The number of carbonyl (C=O) groups is 3. The molecule has 0 radical (unpaired) electrons. The highest BCUT2D eigenvalue weighted by Gasteiger charge is 2.41. The van der Waals surface area contributed by atoms with Gasteiger partial charge in [0.15, 0.2) is 5.13 Å². The Labute approximate surface area is 111 Å². The van der Waals surface area contributed by atoms with Crippen molar-refractivity contribution < 1.29 is 14.4 Å². The standard InChI is InChI=1S/C9H10N6O3S/c10-5(4-2-19-8(11)14-4)6(16)13-3-1-15(7(3)17)9(12)18/h2-3,10H,1H2,(H2,11,14)(H2,12,18)(H,13,16)/t3-/m0/s1. The molecule has 100 valence electrons. The lowest BCUT2D eigenvalue weighted by Gasteiger charge is -2.35. The van der Waals surface area contributed by atoms with E-state index in [1.54, 1.807) is 0 Å². The molecular weight excluding hydrogens is 272 g/mol. The number of likely N-dealkylation sites (tertiary alicyclic amines) is 1. The number of carbonyl (C=O) groups excluding carboxylic acids is 3. The minimum atomic E-state index is -0.863. The fourth-order valence-electron chi connectivity index (χ4n) is 1.48. The molecule has 1 aromatic heterocycles. The number of anilines is 1. The number of β-lactam (4-membered cyclic amide) rings is 1. The molecule has 4 amide bonds. The Kier molecular flexibility index (Phi) is 3.17. The molecule has 2 rings (SSSR count). The summed E-state index contributed by atoms with van der Waals surface area (Å²) < 4.78 is 0. The van der Waals surface area contributed by atoms with Gasteiger partial charge in [0.1, 0.15) is 17.4 Å². The van der Waals surface area contributed by atoms with Crippen LogP contribution in [-0.4, -0.2) is 46.0 Å². The second kappa shape index (κ2) is 4.65. The minimum Gasteiger partial charge on any atom is -0.375 e. The second-order valence-electron chi connectivity index (χ2n) is 3.76. The summed E-state index contributed by atoms with van der Waals surface area (Å²) in [6, 6.07) is -1.70. The number of aromatic nitrogens is 1. The van der Waals surface area contributed by atoms with Gasteiger partial charge in [0, 0.05) is 5.38 Å². The highest BCUT2D eigenvalue weighted by atomic mass is 32.1. The summed E-state index contributed by atoms with van der Waals surface area (Å²) in [5.41, 5.74) is 10.1. The first-order valence-corrected chi connectivity index (χ1v) is 5.99. The van der Waals surface area contributed by atoms with Crippen molar-refractivity contribution in [2.75, 3.05) is 12.3 Å². The van der Waals surface area contributed by atoms with Gasteiger partial charge in [-0.2, -0.15) is 0 Å². The Bertz CT molecular complexity index is 582. The van der Waals surface area contributed by atoms with Crippen molar-refractivity contribution in [3.05, 3.63) is 11.1 Å². The van der Waals surface area contributed by atoms with Crippen molar-refractivity contribution >= 4 is 40.0 Å². The lowest BCUT2D eigenvalue weighted by molar-refractivity contribution is -0.141. The Morgan fingerprint density at radius 1 is 1.58 bits per heavy atom. The highest BCUT2D eigenvalue weighted by Crippen LogP contribution is 2.13. The van der Waals surface area contributed by atoms with Crippen LogP contribution < -0.4 is 16.8 Å². The van der Waals surface area contributed by atoms with Crippen molar-refractivity contribution in [3.63, 3.8) is 0 Å². The zero-order valence-electron chi connectivity index (χ0n) is 9.54. The van der Waals surface area contributed by atoms with Gasteiger partial charge >= 0.3 is 6.03 Å². The molecule has 1 aliphatic rings. The molecule has 1 aromatic rings. The molecule has 0 saturated carbocycles. The molecule has 0 unspecified atom stereocenters. The van der Waals surface area contributed by atoms with Gasteiger partial charge in [0.25, 0.3) is 11.8 Å². The zero-order valence-corrected chi connectivity index (χ0v) is 10.4. The second-order valence-corrected chi connectivity index (χ2v) is 4.65. The number of thiazole rings is 1. The summed E-state index contributed by atoms with van der Waals surface area (Å²) in [7, 11) is 0. The predicted octanol–water partition coefficient (Wildman–Crippen LogP) is -1.50. The van der Waals surface area contributed by atoms with E-state index in [2.05, 4.69) is 10.3 Å². The Hall–Kier alpha value is -2.49. The van der Waals surface area contributed by atoms with E-state index in [9.17, 15) is 14.4 Å². The summed E-state index contributed by atoms with van der Waals surface area (Å²) in [6.45, 7) is 0.00634. The summed E-state index contributed by atoms with van der Waals surface area (Å²) in [5.74, 6) is -1.35. The van der Waals surface area contributed by atoms with Gasteiger partial charge in [-0.15, -0.1) is 11.3 Å². The van der Waals surface area contributed by atoms with Crippen LogP contribution >= 0.6 is 11.3 Å². The minimum absolute atomic E-state index is 0.00634. The number of rotatable bonds is 3. The number of urea groups is 1. The van der Waals surface area contributed by atoms with Crippen LogP contribution in [-0.2, 0) is 9.59 Å². The molecule has 1 fully saturated rings. The maximum absolute atomic E-state index is 11.7. The number of imide groups is 1. The molecule has 0 aromatic carbocycles. The van der Waals surface area contributed by atoms with Crippen LogP contribution in [0.25, 0.3) is 0 Å². The summed E-state index contributed by atoms with van der Waals surface area (Å²) in [4.78, 5) is 38.4. The van der Waals surface area contributed by atoms with E-state index >= 15 is 0 Å². The molecule has 1 saturated heterocycles. The van der Waals surface area contributed by atoms with E-state index < -0.39 is 29.6 Å². The van der Waals surface area contributed by atoms with E-state index in [1.807, 2.05) is 0 Å². The first-order chi connectivity index (χ1) is 8.90. The normalized spacial score (nSPS) is 17.8. The fraction of sp³-hybridized carbons (Fsp3) is 0.222. The first-order valence-electron chi connectivity index (χ1n) is 5.11. The van der Waals surface area contributed by atoms with Crippen LogP contribution in [0, 0.1) is 5.41 Å². The quantitative estimate of drug-likeness (QED) is 0.392. The lowest BCUT2D eigenvalue weighted by atomic mass is 10.1. The molecule has 9 nitrogen and oxygen atoms in total. The summed E-state index contributed by atoms with van der Waals surface area (Å²) in [5, 5.41) is 11.6. The lowest BCUT2D eigenvalue weighted by Crippen LogP contribution is -2.67. The molecule has 10 heteroatoms. The van der Waals surface area contributed by atoms with E-state index in [1.165, 1.54) is 5.38 Å². The third kappa shape index (κ3) is 2.38. The number of hydrogen-bond donors (Lipinski definition) is 4. The van der Waals surface area contributed by atoms with Crippen molar-refractivity contribution in [2.24, 2.45) is 5.73 Å². The van der Waals surface area contributed by atoms with Crippen molar-refractivity contribution in [2.45, 2.75) is 6.04 Å². The molecular formula is C9H10N6O3S. The Morgan fingerprint density at radius 3 is 2.74 bits per heavy atom. The smallest absolute Gasteiger partial charge is 0.321 e. The van der Waals surface area contributed by atoms with Crippen LogP contribution in [0.15, 0.2) is 5.38 Å². The number of primary amides is 1. The predicted molar refractivity (Wildman–Crippen MR) is 66.6 cm³/mol. The van der Waals surface area contributed by atoms with Gasteiger partial charge in [-0.1, -0.05) is 0 Å². The summed E-state index contributed by atoms with van der Waals surface area (Å²) >= 11 is 1.10. The molecule has 19 heavy (non-hydrogen) atoms. The van der Waals surface area contributed by atoms with Crippen molar-refractivity contribution in [3.8, 4) is 0 Å². The van der Waals surface area contributed by atoms with Crippen LogP contribution in [0.3, 0.4) is 0 Å². The number of hydrogen-bond acceptors (Lipinski definition) is 7. The fourth-order valence-corrected chi connectivity index (χ4v) is 2.04. The molecule has 6 N–H and O–H groups in total. The topological polar surface area (TPSA) is 155 Å². The first kappa shape index (κ1) is 13.0. The van der Waals surface area contributed by atoms with E-state index in [0.717, 1.165) is 16.2 Å². The number of nitrogens with two attached hydrogens (primary N) is 2. The molecule has 0 spiro atoms. The molecule has 0 bridgehead atoms. The van der Waals surface area contributed by atoms with E-state index in [-0.39, 0.29) is 17.4 Å². The third-order valence-corrected chi connectivity index (χ3v) is 3.18. The van der Waals surface area contributed by atoms with Gasteiger partial charge in [0.2, 0.25) is 0 Å². The van der Waals surface area contributed by atoms with Crippen LogP contribution in [0.5, 0.6) is 0 Å². The van der Waals surface area contributed by atoms with Gasteiger partial charge in [0.05, 0.1) is 6.54 Å². The molecule has 0 aliphatic carbocycles. The molecule has 1 atom stereocenters. The zero-order chi connectivity index (χ0) is 14.2. The van der Waals surface area contributed by atoms with Crippen LogP contribution in [0.4, 0.5) is 9.93 Å². The highest BCUT2D eigenvalue weighted by molar-refractivity contribution is 7.13. The SMILES string of the molecule is N=C(C(=O)N[C@H]1CN(C(N)=O)C1=O)c1csc(N)n1. The number of nitrogens with one attached hydrogen (secondary N) is 2. The molecule has 2 heterocycles. The largest absolute Gasteiger partial charge is 0.375 e. The van der Waals surface area contributed by atoms with Crippen LogP contribution in [0.2, 0.25) is 0 Å².